The van der Waals surface area contributed by atoms with E-state index in [9.17, 15) is 0 Å². The fraction of sp³-hybridized carbons (Fsp3) is 0.250. The minimum Gasteiger partial charge on any atom is -0.338 e. The summed E-state index contributed by atoms with van der Waals surface area (Å²) in [6.45, 7) is 1.97. The summed E-state index contributed by atoms with van der Waals surface area (Å²) < 4.78 is 0. The van der Waals surface area contributed by atoms with Crippen LogP contribution >= 0.6 is 0 Å². The van der Waals surface area contributed by atoms with Gasteiger partial charge in [-0.3, -0.25) is 0 Å². The van der Waals surface area contributed by atoms with E-state index in [1.54, 1.807) is 0 Å². The first-order valence-electron chi connectivity index (χ1n) is 3.11. The fourth-order valence-corrected chi connectivity index (χ4v) is 0.740. The number of benzene rings is 1. The van der Waals surface area contributed by atoms with Gasteiger partial charge in [0.05, 0.1) is 7.11 Å². The van der Waals surface area contributed by atoms with Crippen LogP contribution in [0.4, 0.5) is 0 Å². The molecule has 0 unspecified atom stereocenters. The normalized spacial score (nSPS) is 9.40. The summed E-state index contributed by atoms with van der Waals surface area (Å²) in [5.74, 6) is 0.769. The molecule has 1 aromatic rings. The fourth-order valence-electron chi connectivity index (χ4n) is 0.740. The molecule has 0 N–H and O–H groups in total. The van der Waals surface area contributed by atoms with Crippen molar-refractivity contribution in [2.75, 3.05) is 7.11 Å². The van der Waals surface area contributed by atoms with Gasteiger partial charge in [-0.1, -0.05) is 18.2 Å². The van der Waals surface area contributed by atoms with Crippen LogP contribution in [-0.2, 0) is 4.89 Å². The Morgan fingerprint density at radius 3 is 2.50 bits per heavy atom. The quantitative estimate of drug-likeness (QED) is 0.459. The molecule has 0 aromatic heterocycles. The Balaban J connectivity index is 2.81. The van der Waals surface area contributed by atoms with E-state index in [1.165, 1.54) is 7.11 Å². The highest BCUT2D eigenvalue weighted by Gasteiger charge is 1.94. The molecule has 0 saturated heterocycles. The summed E-state index contributed by atoms with van der Waals surface area (Å²) in [6, 6.07) is 7.69. The van der Waals surface area contributed by atoms with E-state index < -0.39 is 0 Å². The highest BCUT2D eigenvalue weighted by atomic mass is 17.2. The van der Waals surface area contributed by atoms with Crippen molar-refractivity contribution in [3.05, 3.63) is 29.8 Å². The molecule has 0 aliphatic heterocycles. The lowest BCUT2D eigenvalue weighted by Crippen LogP contribution is -1.91. The van der Waals surface area contributed by atoms with Gasteiger partial charge in [0, 0.05) is 0 Å². The van der Waals surface area contributed by atoms with Crippen LogP contribution in [0.25, 0.3) is 0 Å². The molecule has 54 valence electrons. The predicted molar refractivity (Wildman–Crippen MR) is 38.8 cm³/mol. The summed E-state index contributed by atoms with van der Waals surface area (Å²) in [4.78, 5) is 9.35. The molecule has 0 spiro atoms. The molecule has 0 atom stereocenters. The molecule has 2 nitrogen and oxygen atoms in total. The van der Waals surface area contributed by atoms with Crippen LogP contribution in [0.5, 0.6) is 5.75 Å². The monoisotopic (exact) mass is 138 g/mol. The summed E-state index contributed by atoms with van der Waals surface area (Å²) in [5.41, 5.74) is 1.07. The second-order valence-corrected chi connectivity index (χ2v) is 2.02. The first-order valence-corrected chi connectivity index (χ1v) is 3.11. The van der Waals surface area contributed by atoms with Gasteiger partial charge in [0.2, 0.25) is 0 Å². The molecule has 0 aliphatic rings. The molecular weight excluding hydrogens is 128 g/mol. The van der Waals surface area contributed by atoms with Crippen molar-refractivity contribution < 1.29 is 9.78 Å². The average molecular weight is 138 g/mol. The zero-order chi connectivity index (χ0) is 7.40. The van der Waals surface area contributed by atoms with Gasteiger partial charge >= 0.3 is 0 Å². The Hall–Kier alpha value is -1.02. The Labute approximate surface area is 60.3 Å². The van der Waals surface area contributed by atoms with E-state index in [-0.39, 0.29) is 0 Å². The van der Waals surface area contributed by atoms with Crippen molar-refractivity contribution in [2.24, 2.45) is 0 Å². The molecule has 0 amide bonds. The molecule has 1 rings (SSSR count). The summed E-state index contributed by atoms with van der Waals surface area (Å²) in [6.07, 6.45) is 0. The second-order valence-electron chi connectivity index (χ2n) is 2.02. The van der Waals surface area contributed by atoms with Crippen molar-refractivity contribution in [2.45, 2.75) is 6.92 Å². The van der Waals surface area contributed by atoms with E-state index in [1.807, 2.05) is 31.2 Å². The molecule has 0 radical (unpaired) electrons. The number of hydrogen-bond acceptors (Lipinski definition) is 2. The van der Waals surface area contributed by atoms with Crippen molar-refractivity contribution in [1.29, 1.82) is 0 Å². The van der Waals surface area contributed by atoms with Gasteiger partial charge in [-0.05, 0) is 18.6 Å². The first-order chi connectivity index (χ1) is 4.84. The van der Waals surface area contributed by atoms with Gasteiger partial charge in [0.1, 0.15) is 0 Å². The van der Waals surface area contributed by atoms with Crippen LogP contribution in [-0.4, -0.2) is 7.11 Å². The van der Waals surface area contributed by atoms with Crippen LogP contribution in [0.1, 0.15) is 5.56 Å². The third kappa shape index (κ3) is 1.48. The van der Waals surface area contributed by atoms with Gasteiger partial charge < -0.3 is 4.89 Å². The lowest BCUT2D eigenvalue weighted by molar-refractivity contribution is -0.178. The second kappa shape index (κ2) is 3.22. The van der Waals surface area contributed by atoms with Crippen LogP contribution in [0, 0.1) is 6.92 Å². The third-order valence-electron chi connectivity index (χ3n) is 1.27. The van der Waals surface area contributed by atoms with E-state index >= 15 is 0 Å². The molecule has 1 aromatic carbocycles. The predicted octanol–water partition coefficient (Wildman–Crippen LogP) is 1.94. The maximum atomic E-state index is 4.84. The molecule has 0 aliphatic carbocycles. The molecular formula is C8H10O2. The Morgan fingerprint density at radius 1 is 1.20 bits per heavy atom. The van der Waals surface area contributed by atoms with E-state index in [0.717, 1.165) is 11.3 Å². The topological polar surface area (TPSA) is 18.5 Å². The van der Waals surface area contributed by atoms with Crippen LogP contribution in [0.15, 0.2) is 24.3 Å². The van der Waals surface area contributed by atoms with Gasteiger partial charge in [-0.2, -0.15) is 4.89 Å². The van der Waals surface area contributed by atoms with Gasteiger partial charge in [-0.25, -0.2) is 0 Å². The summed E-state index contributed by atoms with van der Waals surface area (Å²) in [5, 5.41) is 0. The van der Waals surface area contributed by atoms with Gasteiger partial charge in [0.15, 0.2) is 5.75 Å². The highest BCUT2D eigenvalue weighted by molar-refractivity contribution is 5.30. The maximum absolute atomic E-state index is 4.84. The maximum Gasteiger partial charge on any atom is 0.168 e. The van der Waals surface area contributed by atoms with Gasteiger partial charge in [0.25, 0.3) is 0 Å². The van der Waals surface area contributed by atoms with Crippen molar-refractivity contribution in [1.82, 2.24) is 0 Å². The zero-order valence-electron chi connectivity index (χ0n) is 6.13. The van der Waals surface area contributed by atoms with Crippen LogP contribution in [0.2, 0.25) is 0 Å². The first kappa shape index (κ1) is 7.09. The summed E-state index contributed by atoms with van der Waals surface area (Å²) in [7, 11) is 1.49. The van der Waals surface area contributed by atoms with Crippen molar-refractivity contribution in [3.63, 3.8) is 0 Å². The van der Waals surface area contributed by atoms with E-state index in [4.69, 9.17) is 4.89 Å². The summed E-state index contributed by atoms with van der Waals surface area (Å²) >= 11 is 0. The van der Waals surface area contributed by atoms with E-state index in [2.05, 4.69) is 4.89 Å². The third-order valence-corrected chi connectivity index (χ3v) is 1.27. The van der Waals surface area contributed by atoms with Crippen LogP contribution in [0.3, 0.4) is 0 Å². The molecule has 2 heteroatoms. The van der Waals surface area contributed by atoms with Crippen molar-refractivity contribution >= 4 is 0 Å². The molecule has 0 bridgehead atoms. The lowest BCUT2D eigenvalue weighted by Gasteiger charge is -2.02. The lowest BCUT2D eigenvalue weighted by atomic mass is 10.2. The molecule has 0 saturated carbocycles. The van der Waals surface area contributed by atoms with E-state index in [0.29, 0.717) is 0 Å². The number of aryl methyl sites for hydroxylation is 1. The largest absolute Gasteiger partial charge is 0.338 e. The minimum atomic E-state index is 0.769. The molecule has 10 heavy (non-hydrogen) atoms. The van der Waals surface area contributed by atoms with Crippen molar-refractivity contribution in [3.8, 4) is 5.75 Å². The Morgan fingerprint density at radius 2 is 1.90 bits per heavy atom. The van der Waals surface area contributed by atoms with Crippen LogP contribution < -0.4 is 4.89 Å². The SMILES string of the molecule is COOc1ccccc1C. The minimum absolute atomic E-state index is 0.769. The van der Waals surface area contributed by atoms with Gasteiger partial charge in [-0.15, -0.1) is 0 Å². The number of rotatable bonds is 2. The smallest absolute Gasteiger partial charge is 0.168 e. The molecule has 0 heterocycles. The Bertz CT molecular complexity index is 208. The number of para-hydroxylation sites is 1. The molecule has 0 fully saturated rings. The standard InChI is InChI=1S/C8H10O2/c1-7-5-3-4-6-8(7)10-9-2/h3-6H,1-2H3. The zero-order valence-corrected chi connectivity index (χ0v) is 6.13. The highest BCUT2D eigenvalue weighted by Crippen LogP contribution is 2.15. The number of hydrogen-bond donors (Lipinski definition) is 0. The average Bonchev–Trinajstić information content (AvgIpc) is 1.94. The Kier molecular flexibility index (Phi) is 2.29.